The molecule has 0 aliphatic rings. The van der Waals surface area contributed by atoms with E-state index in [0.717, 1.165) is 12.3 Å². The van der Waals surface area contributed by atoms with Gasteiger partial charge in [-0.15, -0.1) is 0 Å². The highest BCUT2D eigenvalue weighted by molar-refractivity contribution is 6.31. The minimum atomic E-state index is -4.48. The number of nitrogens with zero attached hydrogens (tertiary/aromatic N) is 1. The van der Waals surface area contributed by atoms with Crippen molar-refractivity contribution in [3.8, 4) is 5.88 Å². The molecule has 2 nitrogen and oxygen atoms in total. The van der Waals surface area contributed by atoms with E-state index in [-0.39, 0.29) is 12.5 Å². The molecule has 78 valence electrons. The van der Waals surface area contributed by atoms with Gasteiger partial charge in [0.1, 0.15) is 0 Å². The molecular weight excluding hydrogens is 219 g/mol. The highest BCUT2D eigenvalue weighted by Gasteiger charge is 2.33. The molecule has 1 heterocycles. The van der Waals surface area contributed by atoms with Gasteiger partial charge in [0.15, 0.2) is 0 Å². The van der Waals surface area contributed by atoms with Crippen LogP contribution in [0.4, 0.5) is 13.2 Å². The predicted molar refractivity (Wildman–Crippen MR) is 45.4 cm³/mol. The summed E-state index contributed by atoms with van der Waals surface area (Å²) in [7, 11) is 0. The van der Waals surface area contributed by atoms with E-state index in [1.165, 1.54) is 0 Å². The summed E-state index contributed by atoms with van der Waals surface area (Å²) in [6, 6.07) is 0.784. The molecule has 1 aromatic rings. The Hall–Kier alpha value is -0.970. The first-order chi connectivity index (χ1) is 6.45. The molecule has 0 saturated carbocycles. The van der Waals surface area contributed by atoms with Gasteiger partial charge in [-0.25, -0.2) is 4.98 Å². The predicted octanol–water partition coefficient (Wildman–Crippen LogP) is 3.15. The zero-order chi connectivity index (χ0) is 10.8. The number of pyridine rings is 1. The summed E-state index contributed by atoms with van der Waals surface area (Å²) in [6.07, 6.45) is -3.55. The van der Waals surface area contributed by atoms with Crippen LogP contribution in [0.2, 0.25) is 5.02 Å². The smallest absolute Gasteiger partial charge is 0.418 e. The van der Waals surface area contributed by atoms with E-state index in [2.05, 4.69) is 4.98 Å². The van der Waals surface area contributed by atoms with Crippen LogP contribution in [0.25, 0.3) is 0 Å². The van der Waals surface area contributed by atoms with Gasteiger partial charge in [0.25, 0.3) is 0 Å². The molecule has 0 aliphatic heterocycles. The number of aromatic nitrogens is 1. The van der Waals surface area contributed by atoms with Crippen molar-refractivity contribution in [1.82, 2.24) is 4.98 Å². The summed E-state index contributed by atoms with van der Waals surface area (Å²) >= 11 is 5.34. The van der Waals surface area contributed by atoms with E-state index in [0.29, 0.717) is 0 Å². The Morgan fingerprint density at radius 2 is 2.14 bits per heavy atom. The number of rotatable bonds is 2. The van der Waals surface area contributed by atoms with Crippen molar-refractivity contribution in [2.45, 2.75) is 13.1 Å². The summed E-state index contributed by atoms with van der Waals surface area (Å²) < 4.78 is 41.7. The van der Waals surface area contributed by atoms with E-state index in [4.69, 9.17) is 16.3 Å². The van der Waals surface area contributed by atoms with E-state index in [1.807, 2.05) is 0 Å². The third-order valence-corrected chi connectivity index (χ3v) is 1.73. The number of ether oxygens (including phenoxy) is 1. The molecule has 0 saturated heterocycles. The SMILES string of the molecule is CCOc1cc(C(F)(F)F)c(Cl)cn1. The van der Waals surface area contributed by atoms with Gasteiger partial charge in [-0.3, -0.25) is 0 Å². The van der Waals surface area contributed by atoms with Crippen molar-refractivity contribution < 1.29 is 17.9 Å². The lowest BCUT2D eigenvalue weighted by Gasteiger charge is -2.09. The second-order valence-electron chi connectivity index (χ2n) is 2.43. The van der Waals surface area contributed by atoms with E-state index >= 15 is 0 Å². The summed E-state index contributed by atoms with van der Waals surface area (Å²) in [4.78, 5) is 3.59. The van der Waals surface area contributed by atoms with Crippen LogP contribution >= 0.6 is 11.6 Å². The summed E-state index contributed by atoms with van der Waals surface area (Å²) in [6.45, 7) is 1.91. The van der Waals surface area contributed by atoms with Crippen LogP contribution in [-0.2, 0) is 6.18 Å². The molecule has 0 aliphatic carbocycles. The second kappa shape index (κ2) is 4.04. The first-order valence-corrected chi connectivity index (χ1v) is 4.18. The van der Waals surface area contributed by atoms with Crippen LogP contribution < -0.4 is 4.74 Å². The number of halogens is 4. The van der Waals surface area contributed by atoms with Crippen LogP contribution in [0.3, 0.4) is 0 Å². The van der Waals surface area contributed by atoms with Crippen molar-refractivity contribution in [3.05, 3.63) is 22.8 Å². The molecular formula is C8H7ClF3NO. The first-order valence-electron chi connectivity index (χ1n) is 3.80. The van der Waals surface area contributed by atoms with E-state index < -0.39 is 16.8 Å². The molecule has 0 N–H and O–H groups in total. The number of hydrogen-bond acceptors (Lipinski definition) is 2. The number of hydrogen-bond donors (Lipinski definition) is 0. The summed E-state index contributed by atoms with van der Waals surface area (Å²) in [5.41, 5.74) is -0.933. The molecule has 0 radical (unpaired) electrons. The Bertz CT molecular complexity index is 327. The molecule has 1 rings (SSSR count). The third kappa shape index (κ3) is 2.51. The van der Waals surface area contributed by atoms with E-state index in [1.54, 1.807) is 6.92 Å². The maximum Gasteiger partial charge on any atom is 0.418 e. The molecule has 0 atom stereocenters. The lowest BCUT2D eigenvalue weighted by molar-refractivity contribution is -0.137. The zero-order valence-electron chi connectivity index (χ0n) is 7.23. The Morgan fingerprint density at radius 1 is 1.50 bits per heavy atom. The maximum absolute atomic E-state index is 12.3. The molecule has 0 bridgehead atoms. The summed E-state index contributed by atoms with van der Waals surface area (Å²) in [5, 5.41) is -0.430. The quantitative estimate of drug-likeness (QED) is 0.771. The van der Waals surface area contributed by atoms with Crippen molar-refractivity contribution in [1.29, 1.82) is 0 Å². The average molecular weight is 226 g/mol. The van der Waals surface area contributed by atoms with Gasteiger partial charge in [-0.1, -0.05) is 11.6 Å². The van der Waals surface area contributed by atoms with Crippen molar-refractivity contribution >= 4 is 11.6 Å². The van der Waals surface area contributed by atoms with Gasteiger partial charge in [0.05, 0.1) is 23.4 Å². The van der Waals surface area contributed by atoms with Gasteiger partial charge in [0, 0.05) is 6.07 Å². The number of alkyl halides is 3. The highest BCUT2D eigenvalue weighted by Crippen LogP contribution is 2.35. The molecule has 1 aromatic heterocycles. The first kappa shape index (κ1) is 11.1. The maximum atomic E-state index is 12.3. The Balaban J connectivity index is 3.09. The third-order valence-electron chi connectivity index (χ3n) is 1.43. The molecule has 0 spiro atoms. The molecule has 0 fully saturated rings. The van der Waals surface area contributed by atoms with Gasteiger partial charge >= 0.3 is 6.18 Å². The fourth-order valence-electron chi connectivity index (χ4n) is 0.864. The van der Waals surface area contributed by atoms with Crippen LogP contribution in [0.15, 0.2) is 12.3 Å². The van der Waals surface area contributed by atoms with Crippen molar-refractivity contribution in [2.75, 3.05) is 6.61 Å². The summed E-state index contributed by atoms with van der Waals surface area (Å²) in [5.74, 6) is -0.0794. The van der Waals surface area contributed by atoms with Gasteiger partial charge < -0.3 is 4.74 Å². The Kier molecular flexibility index (Phi) is 3.21. The van der Waals surface area contributed by atoms with Crippen molar-refractivity contribution in [2.24, 2.45) is 0 Å². The van der Waals surface area contributed by atoms with Gasteiger partial charge in [-0.2, -0.15) is 13.2 Å². The lowest BCUT2D eigenvalue weighted by atomic mass is 10.2. The minimum absolute atomic E-state index is 0.0794. The molecule has 0 amide bonds. The highest BCUT2D eigenvalue weighted by atomic mass is 35.5. The molecule has 6 heteroatoms. The van der Waals surface area contributed by atoms with Crippen LogP contribution in [0, 0.1) is 0 Å². The minimum Gasteiger partial charge on any atom is -0.478 e. The van der Waals surface area contributed by atoms with Gasteiger partial charge in [-0.05, 0) is 6.92 Å². The van der Waals surface area contributed by atoms with Gasteiger partial charge in [0.2, 0.25) is 5.88 Å². The zero-order valence-corrected chi connectivity index (χ0v) is 7.99. The topological polar surface area (TPSA) is 22.1 Å². The second-order valence-corrected chi connectivity index (χ2v) is 2.84. The van der Waals surface area contributed by atoms with Crippen LogP contribution in [-0.4, -0.2) is 11.6 Å². The molecule has 0 unspecified atom stereocenters. The van der Waals surface area contributed by atoms with Crippen molar-refractivity contribution in [3.63, 3.8) is 0 Å². The van der Waals surface area contributed by atoms with E-state index in [9.17, 15) is 13.2 Å². The standard InChI is InChI=1S/C8H7ClF3NO/c1-2-14-7-3-5(8(10,11)12)6(9)4-13-7/h3-4H,2H2,1H3. The molecule has 14 heavy (non-hydrogen) atoms. The molecule has 0 aromatic carbocycles. The van der Waals surface area contributed by atoms with Crippen LogP contribution in [0.1, 0.15) is 12.5 Å². The fourth-order valence-corrected chi connectivity index (χ4v) is 1.07. The average Bonchev–Trinajstić information content (AvgIpc) is 2.07. The normalized spacial score (nSPS) is 11.5. The fraction of sp³-hybridized carbons (Fsp3) is 0.375. The largest absolute Gasteiger partial charge is 0.478 e. The Labute approximate surface area is 83.7 Å². The van der Waals surface area contributed by atoms with Crippen LogP contribution in [0.5, 0.6) is 5.88 Å². The lowest BCUT2D eigenvalue weighted by Crippen LogP contribution is -2.07. The monoisotopic (exact) mass is 225 g/mol. The Morgan fingerprint density at radius 3 is 2.64 bits per heavy atom.